The van der Waals surface area contributed by atoms with Crippen molar-refractivity contribution >= 4 is 49.9 Å². The molecule has 0 amide bonds. The molecule has 0 aliphatic carbocycles. The summed E-state index contributed by atoms with van der Waals surface area (Å²) in [7, 11) is -3.86. The van der Waals surface area contributed by atoms with Crippen molar-refractivity contribution in [3.05, 3.63) is 58.2 Å². The molecule has 3 rings (SSSR count). The van der Waals surface area contributed by atoms with Crippen molar-refractivity contribution in [1.29, 1.82) is 0 Å². The Bertz CT molecular complexity index is 1290. The molecular weight excluding hydrogens is 466 g/mol. The van der Waals surface area contributed by atoms with Crippen LogP contribution in [0.2, 0.25) is 5.02 Å². The van der Waals surface area contributed by atoms with Crippen LogP contribution in [-0.2, 0) is 10.0 Å². The van der Waals surface area contributed by atoms with Gasteiger partial charge in [-0.25, -0.2) is 22.2 Å². The van der Waals surface area contributed by atoms with Gasteiger partial charge in [-0.3, -0.25) is 14.5 Å². The van der Waals surface area contributed by atoms with Crippen LogP contribution in [0.3, 0.4) is 0 Å². The predicted molar refractivity (Wildman–Crippen MR) is 118 cm³/mol. The minimum Gasteiger partial charge on any atom is -0.395 e. The van der Waals surface area contributed by atoms with Crippen molar-refractivity contribution in [1.82, 2.24) is 9.97 Å². The van der Waals surface area contributed by atoms with Crippen molar-refractivity contribution in [2.45, 2.75) is 13.3 Å². The molecule has 2 aromatic carbocycles. The smallest absolute Gasteiger partial charge is 0.232 e. The number of aliphatic hydroxyl groups excluding tert-OH is 1. The molecule has 0 atom stereocenters. The van der Waals surface area contributed by atoms with Gasteiger partial charge in [0.05, 0.1) is 45.9 Å². The number of nitrogens with one attached hydrogen (secondary N) is 2. The number of ketones is 1. The van der Waals surface area contributed by atoms with Crippen LogP contribution in [0.5, 0.6) is 0 Å². The fourth-order valence-electron chi connectivity index (χ4n) is 2.93. The van der Waals surface area contributed by atoms with E-state index < -0.39 is 43.7 Å². The lowest BCUT2D eigenvalue weighted by molar-refractivity contribution is 0.103. The third-order valence-corrected chi connectivity index (χ3v) is 6.21. The highest BCUT2D eigenvalue weighted by molar-refractivity contribution is 7.92. The Kier molecular flexibility index (Phi) is 7.22. The first-order valence-electron chi connectivity index (χ1n) is 9.51. The van der Waals surface area contributed by atoms with E-state index in [4.69, 9.17) is 16.7 Å². The number of aromatic nitrogens is 2. The van der Waals surface area contributed by atoms with Gasteiger partial charge in [0.1, 0.15) is 5.82 Å². The van der Waals surface area contributed by atoms with Crippen molar-refractivity contribution in [3.8, 4) is 0 Å². The van der Waals surface area contributed by atoms with E-state index in [2.05, 4.69) is 20.0 Å². The molecule has 32 heavy (non-hydrogen) atoms. The number of carbonyl (C=O) groups is 1. The van der Waals surface area contributed by atoms with Crippen molar-refractivity contribution in [2.24, 2.45) is 0 Å². The maximum atomic E-state index is 14.6. The lowest BCUT2D eigenvalue weighted by atomic mass is 10.0. The second kappa shape index (κ2) is 9.72. The molecule has 1 aromatic heterocycles. The van der Waals surface area contributed by atoms with Crippen LogP contribution in [0, 0.1) is 11.6 Å². The van der Waals surface area contributed by atoms with Crippen LogP contribution >= 0.6 is 11.6 Å². The van der Waals surface area contributed by atoms with E-state index in [1.807, 2.05) is 0 Å². The number of sulfonamides is 1. The number of rotatable bonds is 9. The van der Waals surface area contributed by atoms with Gasteiger partial charge in [0.15, 0.2) is 17.4 Å². The number of carbonyl (C=O) groups excluding carboxylic acids is 1. The summed E-state index contributed by atoms with van der Waals surface area (Å²) in [5, 5.41) is 11.2. The van der Waals surface area contributed by atoms with Gasteiger partial charge in [-0.1, -0.05) is 18.5 Å². The summed E-state index contributed by atoms with van der Waals surface area (Å²) >= 11 is 6.12. The van der Waals surface area contributed by atoms with Gasteiger partial charge in [0.2, 0.25) is 10.0 Å². The molecule has 0 aliphatic heterocycles. The highest BCUT2D eigenvalue weighted by Crippen LogP contribution is 2.33. The third kappa shape index (κ3) is 5.12. The molecule has 0 spiro atoms. The Balaban J connectivity index is 2.05. The maximum absolute atomic E-state index is 14.6. The van der Waals surface area contributed by atoms with Crippen LogP contribution in [0.4, 0.5) is 20.3 Å². The van der Waals surface area contributed by atoms with Gasteiger partial charge in [0, 0.05) is 18.2 Å². The number of hydrogen-bond donors (Lipinski definition) is 3. The fraction of sp³-hybridized carbons (Fsp3) is 0.250. The van der Waals surface area contributed by atoms with E-state index in [0.29, 0.717) is 17.4 Å². The van der Waals surface area contributed by atoms with E-state index in [-0.39, 0.29) is 36.4 Å². The first kappa shape index (κ1) is 23.8. The van der Waals surface area contributed by atoms with E-state index >= 15 is 0 Å². The monoisotopic (exact) mass is 484 g/mol. The number of benzene rings is 2. The summed E-state index contributed by atoms with van der Waals surface area (Å²) < 4.78 is 54.9. The lowest BCUT2D eigenvalue weighted by Crippen LogP contribution is -2.18. The molecule has 0 saturated heterocycles. The number of aliphatic hydroxyl groups is 1. The normalized spacial score (nSPS) is 11.5. The molecule has 12 heteroatoms. The molecule has 1 heterocycles. The van der Waals surface area contributed by atoms with E-state index in [0.717, 1.165) is 0 Å². The summed E-state index contributed by atoms with van der Waals surface area (Å²) in [6.07, 6.45) is 1.73. The Morgan fingerprint density at radius 1 is 1.22 bits per heavy atom. The molecule has 8 nitrogen and oxygen atoms in total. The first-order valence-corrected chi connectivity index (χ1v) is 11.5. The molecule has 0 saturated carbocycles. The standard InChI is InChI=1S/C20H19ClF2N4O4S/c1-2-7-32(30,31)27-15-9-12(22)19(23)17(18(15)21)20(29)11-3-4-13-14(8-11)26-16(10-25-13)24-5-6-28/h3-4,8-10,27-28H,2,5-7H2,1H3,(H,24,26). The summed E-state index contributed by atoms with van der Waals surface area (Å²) in [5.74, 6) is -3.80. The maximum Gasteiger partial charge on any atom is 0.232 e. The molecule has 3 N–H and O–H groups in total. The predicted octanol–water partition coefficient (Wildman–Crippen LogP) is 3.35. The summed E-state index contributed by atoms with van der Waals surface area (Å²) in [4.78, 5) is 21.5. The largest absolute Gasteiger partial charge is 0.395 e. The lowest BCUT2D eigenvalue weighted by Gasteiger charge is -2.13. The molecule has 3 aromatic rings. The van der Waals surface area contributed by atoms with Crippen molar-refractivity contribution in [3.63, 3.8) is 0 Å². The minimum absolute atomic E-state index is 0.0557. The number of anilines is 2. The number of halogens is 3. The van der Waals surface area contributed by atoms with Gasteiger partial charge in [-0.05, 0) is 24.6 Å². The number of fused-ring (bicyclic) bond motifs is 1. The van der Waals surface area contributed by atoms with E-state index in [9.17, 15) is 22.0 Å². The second-order valence-corrected chi connectivity index (χ2v) is 8.99. The van der Waals surface area contributed by atoms with E-state index in [1.165, 1.54) is 24.4 Å². The van der Waals surface area contributed by atoms with Gasteiger partial charge < -0.3 is 10.4 Å². The van der Waals surface area contributed by atoms with Crippen LogP contribution in [0.1, 0.15) is 29.3 Å². The number of hydrogen-bond acceptors (Lipinski definition) is 7. The molecular formula is C20H19ClF2N4O4S. The quantitative estimate of drug-likeness (QED) is 0.314. The summed E-state index contributed by atoms with van der Waals surface area (Å²) in [6.45, 7) is 1.74. The van der Waals surface area contributed by atoms with Gasteiger partial charge in [0.25, 0.3) is 0 Å². The zero-order valence-electron chi connectivity index (χ0n) is 16.8. The van der Waals surface area contributed by atoms with Gasteiger partial charge in [-0.15, -0.1) is 0 Å². The SMILES string of the molecule is CCCS(=O)(=O)Nc1cc(F)c(F)c(C(=O)c2ccc3ncc(NCCO)nc3c2)c1Cl. The van der Waals surface area contributed by atoms with Crippen LogP contribution in [-0.4, -0.2) is 48.2 Å². The second-order valence-electron chi connectivity index (χ2n) is 6.77. The topological polar surface area (TPSA) is 121 Å². The molecule has 0 unspecified atom stereocenters. The molecule has 0 fully saturated rings. The Labute approximate surface area is 187 Å². The number of nitrogens with zero attached hydrogens (tertiary/aromatic N) is 2. The average Bonchev–Trinajstić information content (AvgIpc) is 2.75. The van der Waals surface area contributed by atoms with Gasteiger partial charge >= 0.3 is 0 Å². The Morgan fingerprint density at radius 3 is 2.66 bits per heavy atom. The van der Waals surface area contributed by atoms with E-state index in [1.54, 1.807) is 6.92 Å². The summed E-state index contributed by atoms with van der Waals surface area (Å²) in [6, 6.07) is 4.74. The van der Waals surface area contributed by atoms with Gasteiger partial charge in [-0.2, -0.15) is 0 Å². The van der Waals surface area contributed by atoms with Crippen LogP contribution < -0.4 is 10.0 Å². The first-order chi connectivity index (χ1) is 15.2. The third-order valence-electron chi connectivity index (χ3n) is 4.34. The Hall–Kier alpha value is -2.89. The van der Waals surface area contributed by atoms with Crippen molar-refractivity contribution in [2.75, 3.05) is 28.9 Å². The van der Waals surface area contributed by atoms with Crippen molar-refractivity contribution < 1.29 is 27.1 Å². The molecule has 0 radical (unpaired) electrons. The highest BCUT2D eigenvalue weighted by atomic mass is 35.5. The molecule has 0 aliphatic rings. The molecule has 170 valence electrons. The molecule has 0 bridgehead atoms. The van der Waals surface area contributed by atoms with Crippen LogP contribution in [0.15, 0.2) is 30.5 Å². The average molecular weight is 485 g/mol. The Morgan fingerprint density at radius 2 is 1.97 bits per heavy atom. The minimum atomic E-state index is -3.86. The summed E-state index contributed by atoms with van der Waals surface area (Å²) in [5.41, 5.74) is -0.563. The zero-order valence-corrected chi connectivity index (χ0v) is 18.4. The fourth-order valence-corrected chi connectivity index (χ4v) is 4.39. The highest BCUT2D eigenvalue weighted by Gasteiger charge is 2.26. The zero-order chi connectivity index (χ0) is 23.5. The van der Waals surface area contributed by atoms with Crippen LogP contribution in [0.25, 0.3) is 11.0 Å².